The second-order valence-corrected chi connectivity index (χ2v) is 6.55. The first-order valence-electron chi connectivity index (χ1n) is 7.38. The lowest BCUT2D eigenvalue weighted by molar-refractivity contribution is 0.0946. The molecule has 0 aliphatic heterocycles. The van der Waals surface area contributed by atoms with Crippen molar-refractivity contribution in [1.82, 2.24) is 10.5 Å². The Labute approximate surface area is 131 Å². The molecule has 1 aromatic carbocycles. The van der Waals surface area contributed by atoms with Crippen LogP contribution in [0.1, 0.15) is 42.5 Å². The van der Waals surface area contributed by atoms with Crippen LogP contribution in [-0.2, 0) is 6.54 Å². The van der Waals surface area contributed by atoms with Crippen molar-refractivity contribution < 1.29 is 9.32 Å². The minimum atomic E-state index is -0.117. The summed E-state index contributed by atoms with van der Waals surface area (Å²) in [5.74, 6) is 0.515. The van der Waals surface area contributed by atoms with Crippen molar-refractivity contribution in [2.75, 3.05) is 11.9 Å². The summed E-state index contributed by atoms with van der Waals surface area (Å²) < 4.78 is 4.97. The molecule has 5 heteroatoms. The van der Waals surface area contributed by atoms with E-state index in [2.05, 4.69) is 36.6 Å². The monoisotopic (exact) mass is 301 g/mol. The van der Waals surface area contributed by atoms with Gasteiger partial charge in [0, 0.05) is 23.9 Å². The Balaban J connectivity index is 2.05. The molecule has 118 valence electrons. The van der Waals surface area contributed by atoms with Crippen molar-refractivity contribution in [3.63, 3.8) is 0 Å². The van der Waals surface area contributed by atoms with Gasteiger partial charge in [-0.15, -0.1) is 0 Å². The number of rotatable bonds is 5. The molecule has 0 aliphatic rings. The first-order chi connectivity index (χ1) is 10.4. The zero-order valence-electron chi connectivity index (χ0n) is 13.6. The van der Waals surface area contributed by atoms with E-state index in [1.165, 1.54) is 0 Å². The Morgan fingerprint density at radius 3 is 2.68 bits per heavy atom. The van der Waals surface area contributed by atoms with E-state index in [0.717, 1.165) is 17.8 Å². The number of carbonyl (C=O) groups is 1. The molecule has 0 bridgehead atoms. The van der Waals surface area contributed by atoms with E-state index in [1.807, 2.05) is 25.1 Å². The van der Waals surface area contributed by atoms with Gasteiger partial charge in [0.1, 0.15) is 0 Å². The van der Waals surface area contributed by atoms with Gasteiger partial charge in [-0.2, -0.15) is 0 Å². The number of carbonyl (C=O) groups excluding carboxylic acids is 1. The molecule has 1 heterocycles. The molecule has 2 N–H and O–H groups in total. The van der Waals surface area contributed by atoms with Gasteiger partial charge in [0.05, 0.1) is 12.7 Å². The zero-order chi connectivity index (χ0) is 16.2. The van der Waals surface area contributed by atoms with Crippen molar-refractivity contribution in [2.45, 2.75) is 34.2 Å². The third-order valence-corrected chi connectivity index (χ3v) is 3.30. The molecule has 2 rings (SSSR count). The topological polar surface area (TPSA) is 67.2 Å². The van der Waals surface area contributed by atoms with Crippen LogP contribution in [-0.4, -0.2) is 17.6 Å². The summed E-state index contributed by atoms with van der Waals surface area (Å²) in [6, 6.07) is 7.44. The Bertz CT molecular complexity index is 628. The van der Waals surface area contributed by atoms with Crippen LogP contribution in [0.15, 0.2) is 35.0 Å². The van der Waals surface area contributed by atoms with Crippen molar-refractivity contribution in [3.8, 4) is 0 Å². The average Bonchev–Trinajstić information content (AvgIpc) is 2.96. The highest BCUT2D eigenvalue weighted by Crippen LogP contribution is 2.21. The van der Waals surface area contributed by atoms with Crippen LogP contribution in [0.2, 0.25) is 0 Å². The standard InChI is InChI=1S/C17H23N3O2/c1-12-14(16(21)18-10-13-8-9-20-22-13)6-5-7-15(12)19-11-17(2,3)4/h5-9,19H,10-11H2,1-4H3,(H,18,21). The van der Waals surface area contributed by atoms with Gasteiger partial charge in [0.25, 0.3) is 5.91 Å². The summed E-state index contributed by atoms with van der Waals surface area (Å²) >= 11 is 0. The number of nitrogens with zero attached hydrogens (tertiary/aromatic N) is 1. The van der Waals surface area contributed by atoms with E-state index in [4.69, 9.17) is 4.52 Å². The Morgan fingerprint density at radius 2 is 2.05 bits per heavy atom. The Morgan fingerprint density at radius 1 is 1.27 bits per heavy atom. The van der Waals surface area contributed by atoms with E-state index in [-0.39, 0.29) is 11.3 Å². The van der Waals surface area contributed by atoms with Crippen LogP contribution >= 0.6 is 0 Å². The molecular weight excluding hydrogens is 278 g/mol. The second-order valence-electron chi connectivity index (χ2n) is 6.55. The molecule has 0 atom stereocenters. The summed E-state index contributed by atoms with van der Waals surface area (Å²) in [6.45, 7) is 9.64. The maximum Gasteiger partial charge on any atom is 0.252 e. The van der Waals surface area contributed by atoms with Gasteiger partial charge < -0.3 is 15.2 Å². The number of amides is 1. The Kier molecular flexibility index (Phi) is 4.85. The first kappa shape index (κ1) is 16.1. The highest BCUT2D eigenvalue weighted by atomic mass is 16.5. The van der Waals surface area contributed by atoms with E-state index in [0.29, 0.717) is 17.9 Å². The normalized spacial score (nSPS) is 11.3. The third-order valence-electron chi connectivity index (χ3n) is 3.30. The number of hydrogen-bond acceptors (Lipinski definition) is 4. The van der Waals surface area contributed by atoms with E-state index < -0.39 is 0 Å². The molecule has 0 spiro atoms. The molecule has 22 heavy (non-hydrogen) atoms. The molecule has 5 nitrogen and oxygen atoms in total. The lowest BCUT2D eigenvalue weighted by Gasteiger charge is -2.21. The number of hydrogen-bond donors (Lipinski definition) is 2. The van der Waals surface area contributed by atoms with Gasteiger partial charge >= 0.3 is 0 Å². The van der Waals surface area contributed by atoms with Crippen molar-refractivity contribution >= 4 is 11.6 Å². The molecule has 1 aromatic heterocycles. The molecule has 0 aliphatic carbocycles. The van der Waals surface area contributed by atoms with Gasteiger partial charge in [0.15, 0.2) is 5.76 Å². The SMILES string of the molecule is Cc1c(NCC(C)(C)C)cccc1C(=O)NCc1ccno1. The lowest BCUT2D eigenvalue weighted by atomic mass is 9.96. The molecular formula is C17H23N3O2. The van der Waals surface area contributed by atoms with Gasteiger partial charge in [-0.1, -0.05) is 32.0 Å². The van der Waals surface area contributed by atoms with Crippen LogP contribution in [0, 0.1) is 12.3 Å². The molecule has 0 radical (unpaired) electrons. The molecule has 1 amide bonds. The van der Waals surface area contributed by atoms with E-state index >= 15 is 0 Å². The van der Waals surface area contributed by atoms with E-state index in [9.17, 15) is 4.79 Å². The number of aromatic nitrogens is 1. The summed E-state index contributed by atoms with van der Waals surface area (Å²) in [5.41, 5.74) is 2.78. The van der Waals surface area contributed by atoms with Crippen molar-refractivity contribution in [2.24, 2.45) is 5.41 Å². The van der Waals surface area contributed by atoms with Crippen LogP contribution in [0.5, 0.6) is 0 Å². The van der Waals surface area contributed by atoms with Crippen LogP contribution < -0.4 is 10.6 Å². The van der Waals surface area contributed by atoms with Gasteiger partial charge in [-0.05, 0) is 30.0 Å². The lowest BCUT2D eigenvalue weighted by Crippen LogP contribution is -2.24. The fourth-order valence-corrected chi connectivity index (χ4v) is 2.03. The highest BCUT2D eigenvalue weighted by Gasteiger charge is 2.14. The molecule has 0 saturated carbocycles. The van der Waals surface area contributed by atoms with Crippen LogP contribution in [0.3, 0.4) is 0 Å². The summed E-state index contributed by atoms with van der Waals surface area (Å²) in [5, 5.41) is 9.87. The minimum absolute atomic E-state index is 0.117. The predicted octanol–water partition coefficient (Wildman–Crippen LogP) is 3.37. The summed E-state index contributed by atoms with van der Waals surface area (Å²) in [4.78, 5) is 12.3. The summed E-state index contributed by atoms with van der Waals surface area (Å²) in [6.07, 6.45) is 1.56. The molecule has 2 aromatic rings. The van der Waals surface area contributed by atoms with Gasteiger partial charge in [-0.3, -0.25) is 4.79 Å². The second kappa shape index (κ2) is 6.64. The van der Waals surface area contributed by atoms with Crippen molar-refractivity contribution in [1.29, 1.82) is 0 Å². The van der Waals surface area contributed by atoms with Gasteiger partial charge in [-0.25, -0.2) is 0 Å². The van der Waals surface area contributed by atoms with Crippen LogP contribution in [0.25, 0.3) is 0 Å². The maximum atomic E-state index is 12.3. The predicted molar refractivity (Wildman–Crippen MR) is 86.8 cm³/mol. The Hall–Kier alpha value is -2.30. The van der Waals surface area contributed by atoms with E-state index in [1.54, 1.807) is 12.3 Å². The zero-order valence-corrected chi connectivity index (χ0v) is 13.6. The fraction of sp³-hybridized carbons (Fsp3) is 0.412. The largest absolute Gasteiger partial charge is 0.384 e. The number of benzene rings is 1. The molecule has 0 fully saturated rings. The number of nitrogens with one attached hydrogen (secondary N) is 2. The summed E-state index contributed by atoms with van der Waals surface area (Å²) in [7, 11) is 0. The smallest absolute Gasteiger partial charge is 0.252 e. The molecule has 0 unspecified atom stereocenters. The quantitative estimate of drug-likeness (QED) is 0.888. The van der Waals surface area contributed by atoms with Gasteiger partial charge in [0.2, 0.25) is 0 Å². The number of anilines is 1. The highest BCUT2D eigenvalue weighted by molar-refractivity contribution is 5.96. The fourth-order valence-electron chi connectivity index (χ4n) is 2.03. The maximum absolute atomic E-state index is 12.3. The molecule has 0 saturated heterocycles. The minimum Gasteiger partial charge on any atom is -0.384 e. The van der Waals surface area contributed by atoms with Crippen LogP contribution in [0.4, 0.5) is 5.69 Å². The first-order valence-corrected chi connectivity index (χ1v) is 7.38. The third kappa shape index (κ3) is 4.35. The average molecular weight is 301 g/mol. The van der Waals surface area contributed by atoms with Crippen molar-refractivity contribution in [3.05, 3.63) is 47.3 Å².